The van der Waals surface area contributed by atoms with Crippen molar-refractivity contribution in [2.24, 2.45) is 0 Å². The zero-order valence-corrected chi connectivity index (χ0v) is 19.0. The molecule has 33 heavy (non-hydrogen) atoms. The summed E-state index contributed by atoms with van der Waals surface area (Å²) in [5, 5.41) is 12.4. The number of rotatable bonds is 7. The second-order valence-corrected chi connectivity index (χ2v) is 7.40. The summed E-state index contributed by atoms with van der Waals surface area (Å²) >= 11 is 0. The van der Waals surface area contributed by atoms with E-state index in [0.717, 1.165) is 34.0 Å². The van der Waals surface area contributed by atoms with Crippen LogP contribution < -0.4 is 10.1 Å². The number of hydrogen-bond donors (Lipinski definition) is 1. The lowest BCUT2D eigenvalue weighted by Gasteiger charge is -2.11. The average molecular weight is 444 g/mol. The number of amides is 1. The Morgan fingerprint density at radius 2 is 1.82 bits per heavy atom. The van der Waals surface area contributed by atoms with E-state index in [1.807, 2.05) is 60.9 Å². The van der Waals surface area contributed by atoms with Gasteiger partial charge in [0.05, 0.1) is 19.8 Å². The van der Waals surface area contributed by atoms with Crippen LogP contribution in [0.15, 0.2) is 60.2 Å². The minimum absolute atomic E-state index is 0.00655. The molecular formula is C26H25N3O4. The van der Waals surface area contributed by atoms with Gasteiger partial charge in [0.15, 0.2) is 0 Å². The molecule has 2 aromatic carbocycles. The molecule has 168 valence electrons. The van der Waals surface area contributed by atoms with Crippen LogP contribution in [0, 0.1) is 25.2 Å². The molecule has 7 nitrogen and oxygen atoms in total. The number of nitriles is 1. The highest BCUT2D eigenvalue weighted by atomic mass is 16.5. The van der Waals surface area contributed by atoms with Crippen molar-refractivity contribution in [1.29, 1.82) is 5.26 Å². The molecule has 0 unspecified atom stereocenters. The van der Waals surface area contributed by atoms with E-state index < -0.39 is 11.9 Å². The fourth-order valence-electron chi connectivity index (χ4n) is 3.55. The summed E-state index contributed by atoms with van der Waals surface area (Å²) in [6.07, 6.45) is 1.58. The van der Waals surface area contributed by atoms with Crippen LogP contribution >= 0.6 is 0 Å². The maximum Gasteiger partial charge on any atom is 0.337 e. The summed E-state index contributed by atoms with van der Waals surface area (Å²) in [5.74, 6) is -0.138. The van der Waals surface area contributed by atoms with Crippen molar-refractivity contribution in [3.8, 4) is 17.5 Å². The molecule has 0 bridgehead atoms. The van der Waals surface area contributed by atoms with Crippen LogP contribution in [-0.4, -0.2) is 30.7 Å². The first-order valence-corrected chi connectivity index (χ1v) is 10.3. The molecule has 0 aliphatic heterocycles. The maximum absolute atomic E-state index is 12.6. The second kappa shape index (κ2) is 10.3. The van der Waals surface area contributed by atoms with Gasteiger partial charge in [-0.2, -0.15) is 5.26 Å². The Morgan fingerprint density at radius 3 is 2.45 bits per heavy atom. The van der Waals surface area contributed by atoms with E-state index in [-0.39, 0.29) is 5.57 Å². The molecular weight excluding hydrogens is 418 g/mol. The van der Waals surface area contributed by atoms with Gasteiger partial charge in [-0.3, -0.25) is 4.79 Å². The molecule has 0 aliphatic rings. The number of aromatic nitrogens is 1. The third-order valence-electron chi connectivity index (χ3n) is 5.27. The van der Waals surface area contributed by atoms with Gasteiger partial charge in [0.25, 0.3) is 5.91 Å². The number of aryl methyl sites for hydroxylation is 1. The van der Waals surface area contributed by atoms with Crippen molar-refractivity contribution in [3.05, 3.63) is 88.2 Å². The van der Waals surface area contributed by atoms with Crippen LogP contribution in [0.1, 0.15) is 32.9 Å². The number of ether oxygens (including phenoxy) is 2. The first-order chi connectivity index (χ1) is 15.9. The summed E-state index contributed by atoms with van der Waals surface area (Å²) in [6.45, 7) is 4.11. The largest absolute Gasteiger partial charge is 0.497 e. The lowest BCUT2D eigenvalue weighted by molar-refractivity contribution is -0.117. The van der Waals surface area contributed by atoms with E-state index in [1.54, 1.807) is 31.4 Å². The summed E-state index contributed by atoms with van der Waals surface area (Å²) in [5.41, 5.74) is 4.61. The fraction of sp³-hybridized carbons (Fsp3) is 0.192. The summed E-state index contributed by atoms with van der Waals surface area (Å²) < 4.78 is 11.9. The van der Waals surface area contributed by atoms with Gasteiger partial charge in [0.2, 0.25) is 0 Å². The Balaban J connectivity index is 1.83. The fourth-order valence-corrected chi connectivity index (χ4v) is 3.55. The average Bonchev–Trinajstić information content (AvgIpc) is 3.13. The molecule has 0 fully saturated rings. The zero-order valence-electron chi connectivity index (χ0n) is 19.0. The van der Waals surface area contributed by atoms with E-state index in [9.17, 15) is 14.9 Å². The molecule has 1 aromatic heterocycles. The van der Waals surface area contributed by atoms with Gasteiger partial charge in [-0.25, -0.2) is 4.79 Å². The van der Waals surface area contributed by atoms with Crippen LogP contribution in [0.25, 0.3) is 11.8 Å². The minimum atomic E-state index is -0.453. The smallest absolute Gasteiger partial charge is 0.337 e. The first-order valence-electron chi connectivity index (χ1n) is 10.3. The van der Waals surface area contributed by atoms with Gasteiger partial charge in [-0.05, 0) is 67.4 Å². The van der Waals surface area contributed by atoms with Crippen LogP contribution in [0.3, 0.4) is 0 Å². The van der Waals surface area contributed by atoms with Gasteiger partial charge in [0.1, 0.15) is 17.4 Å². The number of methoxy groups -OCH3 is 2. The van der Waals surface area contributed by atoms with E-state index in [2.05, 4.69) is 5.32 Å². The number of carbonyl (C=O) groups is 2. The predicted molar refractivity (Wildman–Crippen MR) is 125 cm³/mol. The van der Waals surface area contributed by atoms with Crippen molar-refractivity contribution in [3.63, 3.8) is 0 Å². The molecule has 1 heterocycles. The SMILES string of the molecule is COC(=O)c1cccc(-n2c(C)cc(/C=C(/C#N)C(=O)NCc3ccc(OC)cc3)c2C)c1. The van der Waals surface area contributed by atoms with Crippen molar-refractivity contribution in [2.75, 3.05) is 14.2 Å². The molecule has 0 aliphatic carbocycles. The van der Waals surface area contributed by atoms with E-state index in [0.29, 0.717) is 12.1 Å². The Kier molecular flexibility index (Phi) is 7.31. The van der Waals surface area contributed by atoms with Gasteiger partial charge >= 0.3 is 5.97 Å². The number of esters is 1. The quantitative estimate of drug-likeness (QED) is 0.337. The van der Waals surface area contributed by atoms with Crippen molar-refractivity contribution >= 4 is 18.0 Å². The van der Waals surface area contributed by atoms with Gasteiger partial charge in [0, 0.05) is 23.6 Å². The molecule has 0 saturated carbocycles. The number of benzene rings is 2. The molecule has 7 heteroatoms. The highest BCUT2D eigenvalue weighted by Crippen LogP contribution is 2.24. The Morgan fingerprint density at radius 1 is 1.09 bits per heavy atom. The van der Waals surface area contributed by atoms with Crippen LogP contribution in [-0.2, 0) is 16.1 Å². The van der Waals surface area contributed by atoms with Crippen molar-refractivity contribution in [1.82, 2.24) is 9.88 Å². The highest BCUT2D eigenvalue weighted by Gasteiger charge is 2.15. The lowest BCUT2D eigenvalue weighted by Crippen LogP contribution is -2.23. The Bertz CT molecular complexity index is 1250. The predicted octanol–water partition coefficient (Wildman–Crippen LogP) is 4.11. The molecule has 1 amide bonds. The van der Waals surface area contributed by atoms with Gasteiger partial charge in [-0.1, -0.05) is 18.2 Å². The van der Waals surface area contributed by atoms with Crippen LogP contribution in [0.2, 0.25) is 0 Å². The summed E-state index contributed by atoms with van der Waals surface area (Å²) in [6, 6.07) is 18.3. The number of nitrogens with zero attached hydrogens (tertiary/aromatic N) is 2. The number of carbonyl (C=O) groups excluding carboxylic acids is 2. The Hall–Kier alpha value is -4.31. The summed E-state index contributed by atoms with van der Waals surface area (Å²) in [7, 11) is 2.93. The molecule has 0 radical (unpaired) electrons. The van der Waals surface area contributed by atoms with Gasteiger partial charge in [-0.15, -0.1) is 0 Å². The van der Waals surface area contributed by atoms with Crippen molar-refractivity contribution in [2.45, 2.75) is 20.4 Å². The summed E-state index contributed by atoms with van der Waals surface area (Å²) in [4.78, 5) is 24.5. The highest BCUT2D eigenvalue weighted by molar-refractivity contribution is 6.01. The molecule has 3 aromatic rings. The Labute approximate surface area is 192 Å². The molecule has 0 spiro atoms. The first kappa shape index (κ1) is 23.4. The monoisotopic (exact) mass is 443 g/mol. The number of nitrogens with one attached hydrogen (secondary N) is 1. The third-order valence-corrected chi connectivity index (χ3v) is 5.27. The normalized spacial score (nSPS) is 10.9. The molecule has 0 atom stereocenters. The van der Waals surface area contributed by atoms with E-state index in [4.69, 9.17) is 9.47 Å². The van der Waals surface area contributed by atoms with E-state index in [1.165, 1.54) is 7.11 Å². The van der Waals surface area contributed by atoms with Crippen LogP contribution in [0.4, 0.5) is 0 Å². The standard InChI is InChI=1S/C26H25N3O4/c1-17-12-21(18(2)29(17)23-7-5-6-20(14-23)26(31)33-4)13-22(15-27)25(30)28-16-19-8-10-24(32-3)11-9-19/h5-14H,16H2,1-4H3,(H,28,30)/b22-13-. The molecule has 1 N–H and O–H groups in total. The zero-order chi connectivity index (χ0) is 24.0. The molecule has 3 rings (SSSR count). The van der Waals surface area contributed by atoms with Gasteiger partial charge < -0.3 is 19.4 Å². The van der Waals surface area contributed by atoms with Crippen LogP contribution in [0.5, 0.6) is 5.75 Å². The number of hydrogen-bond acceptors (Lipinski definition) is 5. The van der Waals surface area contributed by atoms with Crippen molar-refractivity contribution < 1.29 is 19.1 Å². The minimum Gasteiger partial charge on any atom is -0.497 e. The second-order valence-electron chi connectivity index (χ2n) is 7.40. The van der Waals surface area contributed by atoms with E-state index >= 15 is 0 Å². The maximum atomic E-state index is 12.6. The third kappa shape index (κ3) is 5.31. The lowest BCUT2D eigenvalue weighted by atomic mass is 10.1. The molecule has 0 saturated heterocycles. The topological polar surface area (TPSA) is 93.4 Å².